The molecule has 9 nitrogen and oxygen atoms in total. The molecule has 0 aliphatic carbocycles. The Labute approximate surface area is 199 Å². The molecule has 0 bridgehead atoms. The number of pyridine rings is 1. The van der Waals surface area contributed by atoms with E-state index in [0.29, 0.717) is 4.90 Å². The number of aliphatic hydroxyl groups excluding tert-OH is 3. The molecule has 5 atom stereocenters. The first-order chi connectivity index (χ1) is 16.2. The summed E-state index contributed by atoms with van der Waals surface area (Å²) in [5, 5.41) is 39.2. The number of halogens is 4. The van der Waals surface area contributed by atoms with E-state index in [1.807, 2.05) is 0 Å². The van der Waals surface area contributed by atoms with Crippen molar-refractivity contribution in [3.63, 3.8) is 0 Å². The molecule has 3 heterocycles. The van der Waals surface area contributed by atoms with Gasteiger partial charge < -0.3 is 24.9 Å². The first-order valence-electron chi connectivity index (χ1n) is 9.62. The zero-order valence-corrected chi connectivity index (χ0v) is 18.5. The van der Waals surface area contributed by atoms with Crippen molar-refractivity contribution in [2.45, 2.75) is 34.7 Å². The van der Waals surface area contributed by atoms with Crippen molar-refractivity contribution in [2.75, 3.05) is 6.61 Å². The quantitative estimate of drug-likeness (QED) is 0.352. The smallest absolute Gasteiger partial charge is 0.283 e. The monoisotopic (exact) mass is 513 g/mol. The summed E-state index contributed by atoms with van der Waals surface area (Å²) in [6, 6.07) is 1.72. The SMILES string of the molecule is [C-]#[N+]c1ncc(Cl)cc1S[C@H]1OC(CO)[C@H](O)[C@H](n2cc(-c3cc(F)c(F)c(F)c3)nn2)C1O. The van der Waals surface area contributed by atoms with Crippen LogP contribution in [-0.4, -0.2) is 65.7 Å². The van der Waals surface area contributed by atoms with E-state index in [-0.39, 0.29) is 22.1 Å². The van der Waals surface area contributed by atoms with Crippen molar-refractivity contribution in [3.8, 4) is 11.3 Å². The van der Waals surface area contributed by atoms with Gasteiger partial charge >= 0.3 is 0 Å². The highest BCUT2D eigenvalue weighted by Crippen LogP contribution is 2.41. The summed E-state index contributed by atoms with van der Waals surface area (Å²) in [5.41, 5.74) is -1.27. The number of hydrogen-bond acceptors (Lipinski definition) is 8. The van der Waals surface area contributed by atoms with Crippen LogP contribution in [-0.2, 0) is 4.74 Å². The Bertz CT molecular complexity index is 1240. The Morgan fingerprint density at radius 3 is 2.53 bits per heavy atom. The second-order valence-corrected chi connectivity index (χ2v) is 8.82. The molecule has 1 saturated heterocycles. The van der Waals surface area contributed by atoms with E-state index < -0.39 is 53.8 Å². The Balaban J connectivity index is 1.66. The Morgan fingerprint density at radius 1 is 1.18 bits per heavy atom. The number of ether oxygens (including phenoxy) is 1. The third kappa shape index (κ3) is 4.61. The summed E-state index contributed by atoms with van der Waals surface area (Å²) >= 11 is 6.87. The molecular formula is C20H15ClF3N5O4S. The van der Waals surface area contributed by atoms with Crippen molar-refractivity contribution in [2.24, 2.45) is 0 Å². The molecule has 2 unspecified atom stereocenters. The fraction of sp³-hybridized carbons (Fsp3) is 0.300. The third-order valence-corrected chi connectivity index (χ3v) is 6.48. The van der Waals surface area contributed by atoms with Gasteiger partial charge in [-0.1, -0.05) is 23.4 Å². The van der Waals surface area contributed by atoms with Gasteiger partial charge in [0, 0.05) is 10.5 Å². The molecule has 0 spiro atoms. The van der Waals surface area contributed by atoms with Crippen LogP contribution in [0.4, 0.5) is 19.0 Å². The molecule has 1 aliphatic rings. The van der Waals surface area contributed by atoms with Crippen LogP contribution in [0.15, 0.2) is 35.5 Å². The van der Waals surface area contributed by atoms with Gasteiger partial charge in [0.15, 0.2) is 17.5 Å². The van der Waals surface area contributed by atoms with Crippen LogP contribution in [0.1, 0.15) is 6.04 Å². The first kappa shape index (κ1) is 24.4. The van der Waals surface area contributed by atoms with Crippen molar-refractivity contribution in [1.29, 1.82) is 0 Å². The Hall–Kier alpha value is -2.73. The average molecular weight is 514 g/mol. The maximum Gasteiger partial charge on any atom is 0.283 e. The predicted molar refractivity (Wildman–Crippen MR) is 113 cm³/mol. The van der Waals surface area contributed by atoms with Crippen LogP contribution in [0.2, 0.25) is 5.02 Å². The van der Waals surface area contributed by atoms with Gasteiger partial charge in [0.2, 0.25) is 0 Å². The molecule has 1 fully saturated rings. The van der Waals surface area contributed by atoms with Crippen LogP contribution in [0.3, 0.4) is 0 Å². The highest BCUT2D eigenvalue weighted by atomic mass is 35.5. The molecule has 14 heteroatoms. The van der Waals surface area contributed by atoms with E-state index >= 15 is 0 Å². The lowest BCUT2D eigenvalue weighted by Gasteiger charge is -2.41. The fourth-order valence-corrected chi connectivity index (χ4v) is 4.82. The summed E-state index contributed by atoms with van der Waals surface area (Å²) in [6.45, 7) is 6.65. The molecule has 0 amide bonds. The van der Waals surface area contributed by atoms with Gasteiger partial charge in [0.25, 0.3) is 5.82 Å². The van der Waals surface area contributed by atoms with Crippen molar-refractivity contribution in [1.82, 2.24) is 20.0 Å². The summed E-state index contributed by atoms with van der Waals surface area (Å²) < 4.78 is 47.2. The van der Waals surface area contributed by atoms with E-state index in [1.54, 1.807) is 0 Å². The van der Waals surface area contributed by atoms with Crippen LogP contribution >= 0.6 is 23.4 Å². The normalized spacial score (nSPS) is 24.7. The van der Waals surface area contributed by atoms with Gasteiger partial charge in [-0.05, 0) is 18.2 Å². The van der Waals surface area contributed by atoms with E-state index in [9.17, 15) is 28.5 Å². The summed E-state index contributed by atoms with van der Waals surface area (Å²) in [7, 11) is 0. The second kappa shape index (κ2) is 9.87. The van der Waals surface area contributed by atoms with Crippen molar-refractivity contribution in [3.05, 3.63) is 64.5 Å². The van der Waals surface area contributed by atoms with Crippen molar-refractivity contribution < 1.29 is 33.2 Å². The summed E-state index contributed by atoms with van der Waals surface area (Å²) in [6.07, 6.45) is -1.56. The van der Waals surface area contributed by atoms with Gasteiger partial charge in [-0.3, -0.25) is 0 Å². The fourth-order valence-electron chi connectivity index (χ4n) is 3.45. The molecular weight excluding hydrogens is 499 g/mol. The lowest BCUT2D eigenvalue weighted by molar-refractivity contribution is -0.178. The highest BCUT2D eigenvalue weighted by molar-refractivity contribution is 8.00. The Kier molecular flexibility index (Phi) is 7.08. The van der Waals surface area contributed by atoms with Crippen molar-refractivity contribution >= 4 is 29.2 Å². The van der Waals surface area contributed by atoms with Gasteiger partial charge in [0.05, 0.1) is 17.8 Å². The van der Waals surface area contributed by atoms with E-state index in [4.69, 9.17) is 22.9 Å². The highest BCUT2D eigenvalue weighted by Gasteiger charge is 2.46. The number of hydrogen-bond donors (Lipinski definition) is 3. The van der Waals surface area contributed by atoms with Gasteiger partial charge in [-0.15, -0.1) is 21.8 Å². The third-order valence-electron chi connectivity index (χ3n) is 5.09. The number of benzene rings is 1. The summed E-state index contributed by atoms with van der Waals surface area (Å²) in [4.78, 5) is 7.52. The lowest BCUT2D eigenvalue weighted by atomic mass is 9.97. The van der Waals surface area contributed by atoms with Gasteiger partial charge in [0.1, 0.15) is 41.7 Å². The maximum atomic E-state index is 13.6. The second-order valence-electron chi connectivity index (χ2n) is 7.24. The first-order valence-corrected chi connectivity index (χ1v) is 10.9. The molecule has 3 N–H and O–H groups in total. The van der Waals surface area contributed by atoms with E-state index in [2.05, 4.69) is 20.1 Å². The molecule has 3 aromatic rings. The topological polar surface area (TPSA) is 118 Å². The van der Waals surface area contributed by atoms with Gasteiger partial charge in [-0.2, -0.15) is 0 Å². The van der Waals surface area contributed by atoms with Crippen LogP contribution in [0.5, 0.6) is 0 Å². The Morgan fingerprint density at radius 2 is 1.88 bits per heavy atom. The molecule has 0 saturated carbocycles. The number of thioether (sulfide) groups is 1. The zero-order chi connectivity index (χ0) is 24.6. The molecule has 1 aromatic carbocycles. The number of aromatic nitrogens is 4. The zero-order valence-electron chi connectivity index (χ0n) is 16.9. The molecule has 0 radical (unpaired) electrons. The lowest BCUT2D eigenvalue weighted by Crippen LogP contribution is -2.55. The summed E-state index contributed by atoms with van der Waals surface area (Å²) in [5.74, 6) is -4.46. The molecule has 178 valence electrons. The van der Waals surface area contributed by atoms with Crippen LogP contribution in [0, 0.1) is 24.0 Å². The number of nitrogens with zero attached hydrogens (tertiary/aromatic N) is 5. The standard InChI is InChI=1S/C20H15ClF3N5O4S/c1-25-19-14(4-9(21)5-26-19)34-20-18(32)16(17(31)13(7-30)33-20)29-6-12(27-28-29)8-2-10(22)15(24)11(23)3-8/h2-6,13,16-18,20,30-32H,7H2/t13?,16-,17-,18?,20+/m0/s1. The van der Waals surface area contributed by atoms with Gasteiger partial charge in [-0.25, -0.2) is 17.9 Å². The molecule has 4 rings (SSSR count). The van der Waals surface area contributed by atoms with Crippen LogP contribution in [0.25, 0.3) is 16.1 Å². The number of aliphatic hydroxyl groups is 3. The van der Waals surface area contributed by atoms with E-state index in [1.165, 1.54) is 18.5 Å². The maximum absolute atomic E-state index is 13.6. The molecule has 2 aromatic heterocycles. The number of rotatable bonds is 5. The largest absolute Gasteiger partial charge is 0.394 e. The van der Waals surface area contributed by atoms with E-state index in [0.717, 1.165) is 28.6 Å². The predicted octanol–water partition coefficient (Wildman–Crippen LogP) is 2.73. The average Bonchev–Trinajstić information content (AvgIpc) is 3.29. The molecule has 34 heavy (non-hydrogen) atoms. The minimum Gasteiger partial charge on any atom is -0.394 e. The minimum absolute atomic E-state index is 0.0109. The van der Waals surface area contributed by atoms with Crippen LogP contribution < -0.4 is 0 Å². The molecule has 1 aliphatic heterocycles. The minimum atomic E-state index is -1.63.